The van der Waals surface area contributed by atoms with Crippen LogP contribution in [0.1, 0.15) is 13.3 Å². The highest BCUT2D eigenvalue weighted by molar-refractivity contribution is 5.73. The lowest BCUT2D eigenvalue weighted by molar-refractivity contribution is -0.139. The van der Waals surface area contributed by atoms with Crippen LogP contribution < -0.4 is 11.5 Å². The Kier molecular flexibility index (Phi) is 3.44. The summed E-state index contributed by atoms with van der Waals surface area (Å²) in [4.78, 5) is 10.2. The van der Waals surface area contributed by atoms with Gasteiger partial charge in [-0.25, -0.2) is 0 Å². The molecule has 0 heterocycles. The Labute approximate surface area is 65.0 Å². The first-order valence-electron chi connectivity index (χ1n) is 3.27. The van der Waals surface area contributed by atoms with Crippen molar-refractivity contribution >= 4 is 5.97 Å². The van der Waals surface area contributed by atoms with Gasteiger partial charge in [-0.2, -0.15) is 0 Å². The zero-order valence-corrected chi connectivity index (χ0v) is 6.45. The van der Waals surface area contributed by atoms with E-state index < -0.39 is 17.6 Å². The SMILES string of the molecule is C[C@@](N)(CO)C[C@H](N)C(=O)O. The van der Waals surface area contributed by atoms with Crippen molar-refractivity contribution in [3.05, 3.63) is 0 Å². The second kappa shape index (κ2) is 3.66. The van der Waals surface area contributed by atoms with Gasteiger partial charge in [0.1, 0.15) is 6.04 Å². The van der Waals surface area contributed by atoms with Crippen LogP contribution in [0.25, 0.3) is 0 Å². The van der Waals surface area contributed by atoms with Gasteiger partial charge in [-0.3, -0.25) is 4.79 Å². The molecule has 0 aliphatic carbocycles. The molecule has 0 aliphatic heterocycles. The first-order valence-corrected chi connectivity index (χ1v) is 3.27. The molecule has 5 heteroatoms. The normalized spacial score (nSPS) is 18.9. The van der Waals surface area contributed by atoms with Crippen LogP contribution >= 0.6 is 0 Å². The average molecular weight is 162 g/mol. The van der Waals surface area contributed by atoms with Crippen molar-refractivity contribution < 1.29 is 15.0 Å². The Balaban J connectivity index is 3.93. The van der Waals surface area contributed by atoms with Crippen molar-refractivity contribution in [2.75, 3.05) is 6.61 Å². The number of aliphatic hydroxyl groups excluding tert-OH is 1. The molecule has 0 aromatic rings. The topological polar surface area (TPSA) is 110 Å². The summed E-state index contributed by atoms with van der Waals surface area (Å²) in [5.74, 6) is -1.10. The molecular formula is C6H14N2O3. The number of rotatable bonds is 4. The maximum absolute atomic E-state index is 10.2. The van der Waals surface area contributed by atoms with Gasteiger partial charge in [0.2, 0.25) is 0 Å². The molecular weight excluding hydrogens is 148 g/mol. The fourth-order valence-electron chi connectivity index (χ4n) is 0.654. The minimum Gasteiger partial charge on any atom is -0.480 e. The molecule has 2 atom stereocenters. The van der Waals surface area contributed by atoms with E-state index in [1.807, 2.05) is 0 Å². The summed E-state index contributed by atoms with van der Waals surface area (Å²) in [5, 5.41) is 17.0. The van der Waals surface area contributed by atoms with Crippen molar-refractivity contribution in [3.63, 3.8) is 0 Å². The third-order valence-corrected chi connectivity index (χ3v) is 1.36. The van der Waals surface area contributed by atoms with Gasteiger partial charge in [-0.05, 0) is 13.3 Å². The number of carbonyl (C=O) groups is 1. The Hall–Kier alpha value is -0.650. The van der Waals surface area contributed by atoms with E-state index in [0.29, 0.717) is 0 Å². The Morgan fingerprint density at radius 3 is 2.45 bits per heavy atom. The zero-order valence-electron chi connectivity index (χ0n) is 6.45. The molecule has 0 unspecified atom stereocenters. The van der Waals surface area contributed by atoms with Gasteiger partial charge in [0.15, 0.2) is 0 Å². The quantitative estimate of drug-likeness (QED) is 0.402. The number of hydrogen-bond donors (Lipinski definition) is 4. The van der Waals surface area contributed by atoms with Crippen LogP contribution in [0, 0.1) is 0 Å². The number of carboxylic acid groups (broad SMARTS) is 1. The van der Waals surface area contributed by atoms with Crippen molar-refractivity contribution in [1.29, 1.82) is 0 Å². The van der Waals surface area contributed by atoms with Gasteiger partial charge < -0.3 is 21.7 Å². The lowest BCUT2D eigenvalue weighted by atomic mass is 9.96. The molecule has 11 heavy (non-hydrogen) atoms. The van der Waals surface area contributed by atoms with Gasteiger partial charge >= 0.3 is 5.97 Å². The van der Waals surface area contributed by atoms with Gasteiger partial charge in [0.25, 0.3) is 0 Å². The predicted molar refractivity (Wildman–Crippen MR) is 39.9 cm³/mol. The molecule has 0 saturated heterocycles. The molecule has 0 aromatic heterocycles. The molecule has 6 N–H and O–H groups in total. The minimum absolute atomic E-state index is 0.0683. The molecule has 0 bridgehead atoms. The molecule has 66 valence electrons. The minimum atomic E-state index is -1.10. The van der Waals surface area contributed by atoms with Crippen molar-refractivity contribution in [1.82, 2.24) is 0 Å². The van der Waals surface area contributed by atoms with Crippen LogP contribution in [0.3, 0.4) is 0 Å². The Morgan fingerprint density at radius 2 is 2.18 bits per heavy atom. The maximum atomic E-state index is 10.2. The second-order valence-corrected chi connectivity index (χ2v) is 2.96. The fourth-order valence-corrected chi connectivity index (χ4v) is 0.654. The molecule has 0 fully saturated rings. The molecule has 0 saturated carbocycles. The number of carboxylic acids is 1. The predicted octanol–water partition coefficient (Wildman–Crippen LogP) is -1.50. The van der Waals surface area contributed by atoms with Crippen LogP contribution in [0.2, 0.25) is 0 Å². The smallest absolute Gasteiger partial charge is 0.320 e. The summed E-state index contributed by atoms with van der Waals surface area (Å²) in [7, 11) is 0. The van der Waals surface area contributed by atoms with E-state index in [9.17, 15) is 4.79 Å². The number of hydrogen-bond acceptors (Lipinski definition) is 4. The van der Waals surface area contributed by atoms with Crippen LogP contribution in [0.15, 0.2) is 0 Å². The number of nitrogens with two attached hydrogens (primary N) is 2. The molecule has 0 radical (unpaired) electrons. The lowest BCUT2D eigenvalue weighted by Gasteiger charge is -2.23. The number of aliphatic carboxylic acids is 1. The Morgan fingerprint density at radius 1 is 1.73 bits per heavy atom. The monoisotopic (exact) mass is 162 g/mol. The second-order valence-electron chi connectivity index (χ2n) is 2.96. The largest absolute Gasteiger partial charge is 0.480 e. The van der Waals surface area contributed by atoms with E-state index in [-0.39, 0.29) is 13.0 Å². The van der Waals surface area contributed by atoms with Crippen molar-refractivity contribution in [3.8, 4) is 0 Å². The van der Waals surface area contributed by atoms with Gasteiger partial charge in [-0.1, -0.05) is 0 Å². The van der Waals surface area contributed by atoms with Crippen LogP contribution in [0.4, 0.5) is 0 Å². The summed E-state index contributed by atoms with van der Waals surface area (Å²) >= 11 is 0. The van der Waals surface area contributed by atoms with Crippen molar-refractivity contribution in [2.45, 2.75) is 24.9 Å². The highest BCUT2D eigenvalue weighted by Crippen LogP contribution is 2.06. The highest BCUT2D eigenvalue weighted by atomic mass is 16.4. The van der Waals surface area contributed by atoms with E-state index in [1.165, 1.54) is 0 Å². The molecule has 0 aromatic carbocycles. The first-order chi connectivity index (χ1) is 4.89. The van der Waals surface area contributed by atoms with E-state index in [2.05, 4.69) is 0 Å². The fraction of sp³-hybridized carbons (Fsp3) is 0.833. The summed E-state index contributed by atoms with van der Waals surface area (Å²) < 4.78 is 0. The van der Waals surface area contributed by atoms with Crippen LogP contribution in [-0.4, -0.2) is 34.4 Å². The maximum Gasteiger partial charge on any atom is 0.320 e. The highest BCUT2D eigenvalue weighted by Gasteiger charge is 2.24. The molecule has 0 spiro atoms. The summed E-state index contributed by atoms with van der Waals surface area (Å²) in [6.07, 6.45) is 0.0683. The molecule has 0 rings (SSSR count). The molecule has 0 aliphatic rings. The van der Waals surface area contributed by atoms with E-state index in [0.717, 1.165) is 0 Å². The van der Waals surface area contributed by atoms with Crippen molar-refractivity contribution in [2.24, 2.45) is 11.5 Å². The molecule has 5 nitrogen and oxygen atoms in total. The summed E-state index contributed by atoms with van der Waals surface area (Å²) in [5.41, 5.74) is 9.74. The zero-order chi connectivity index (χ0) is 9.07. The third kappa shape index (κ3) is 3.92. The standard InChI is InChI=1S/C6H14N2O3/c1-6(8,3-9)2-4(7)5(10)11/h4,9H,2-3,7-8H2,1H3,(H,10,11)/t4-,6-/m0/s1. The molecule has 0 amide bonds. The lowest BCUT2D eigenvalue weighted by Crippen LogP contribution is -2.47. The third-order valence-electron chi connectivity index (χ3n) is 1.36. The Bertz CT molecular complexity index is 147. The first kappa shape index (κ1) is 10.3. The number of aliphatic hydroxyl groups is 1. The van der Waals surface area contributed by atoms with Gasteiger partial charge in [0.05, 0.1) is 6.61 Å². The summed E-state index contributed by atoms with van der Waals surface area (Å²) in [6, 6.07) is -1.00. The van der Waals surface area contributed by atoms with E-state index >= 15 is 0 Å². The van der Waals surface area contributed by atoms with Crippen LogP contribution in [0.5, 0.6) is 0 Å². The average Bonchev–Trinajstić information content (AvgIpc) is 1.87. The van der Waals surface area contributed by atoms with Gasteiger partial charge in [-0.15, -0.1) is 0 Å². The van der Waals surface area contributed by atoms with Gasteiger partial charge in [0, 0.05) is 5.54 Å². The van der Waals surface area contributed by atoms with E-state index in [1.54, 1.807) is 6.92 Å². The van der Waals surface area contributed by atoms with E-state index in [4.69, 9.17) is 21.7 Å². The van der Waals surface area contributed by atoms with Crippen LogP contribution in [-0.2, 0) is 4.79 Å². The summed E-state index contributed by atoms with van der Waals surface area (Å²) in [6.45, 7) is 1.28.